The molecule has 0 atom stereocenters. The molecule has 2 aromatic carbocycles. The van der Waals surface area contributed by atoms with Gasteiger partial charge in [0, 0.05) is 17.6 Å². The standard InChI is InChI=1S/C34H37N5O2/c1-7-9-10-11-25(8-2)36-33-39-38-32(41-33)30-20-29(35-21-22-12-16-26(40-6)17-13-22)27-18-24(23-14-15-23)19-28(31(27)37-30)34(3,4)5/h7,9-13,16-20,23H,2,14-15,21H2,1,3-6H3,(H,35,37)(H,36,39)/b9-7-,11-10-. The molecule has 1 saturated carbocycles. The van der Waals surface area contributed by atoms with Crippen molar-refractivity contribution >= 4 is 22.6 Å². The highest BCUT2D eigenvalue weighted by molar-refractivity contribution is 5.96. The minimum atomic E-state index is -0.105. The largest absolute Gasteiger partial charge is 0.497 e. The first-order valence-electron chi connectivity index (χ1n) is 14.0. The van der Waals surface area contributed by atoms with Crippen LogP contribution >= 0.6 is 0 Å². The van der Waals surface area contributed by atoms with Gasteiger partial charge in [-0.3, -0.25) is 0 Å². The number of anilines is 2. The molecule has 210 valence electrons. The molecule has 2 heterocycles. The van der Waals surface area contributed by atoms with Crippen molar-refractivity contribution < 1.29 is 9.15 Å². The summed E-state index contributed by atoms with van der Waals surface area (Å²) in [5, 5.41) is 16.4. The number of methoxy groups -OCH3 is 1. The van der Waals surface area contributed by atoms with Crippen molar-refractivity contribution in [1.82, 2.24) is 15.2 Å². The molecule has 4 aromatic rings. The minimum absolute atomic E-state index is 0.105. The number of hydrogen-bond acceptors (Lipinski definition) is 7. The van der Waals surface area contributed by atoms with Gasteiger partial charge >= 0.3 is 6.01 Å². The lowest BCUT2D eigenvalue weighted by Gasteiger charge is -2.23. The number of pyridine rings is 1. The molecule has 0 saturated heterocycles. The van der Waals surface area contributed by atoms with E-state index in [1.807, 2.05) is 49.4 Å². The summed E-state index contributed by atoms with van der Waals surface area (Å²) in [6.07, 6.45) is 10.0. The van der Waals surface area contributed by atoms with Gasteiger partial charge in [0.2, 0.25) is 0 Å². The Morgan fingerprint density at radius 2 is 1.90 bits per heavy atom. The lowest BCUT2D eigenvalue weighted by atomic mass is 9.83. The molecule has 7 heteroatoms. The van der Waals surface area contributed by atoms with E-state index < -0.39 is 0 Å². The molecule has 7 nitrogen and oxygen atoms in total. The van der Waals surface area contributed by atoms with Gasteiger partial charge in [0.1, 0.15) is 11.4 Å². The van der Waals surface area contributed by atoms with Crippen LogP contribution in [0.3, 0.4) is 0 Å². The van der Waals surface area contributed by atoms with Crippen LogP contribution in [0.1, 0.15) is 63.1 Å². The first kappa shape index (κ1) is 27.9. The number of hydrogen-bond donors (Lipinski definition) is 2. The Morgan fingerprint density at radius 1 is 1.12 bits per heavy atom. The lowest BCUT2D eigenvalue weighted by molar-refractivity contribution is 0.414. The molecule has 0 unspecified atom stereocenters. The van der Waals surface area contributed by atoms with E-state index in [2.05, 4.69) is 78.2 Å². The number of nitrogens with zero attached hydrogens (tertiary/aromatic N) is 3. The number of rotatable bonds is 10. The normalized spacial score (nSPS) is 13.6. The number of benzene rings is 2. The van der Waals surface area contributed by atoms with Gasteiger partial charge < -0.3 is 19.8 Å². The van der Waals surface area contributed by atoms with Crippen LogP contribution in [-0.2, 0) is 12.0 Å². The fourth-order valence-electron chi connectivity index (χ4n) is 4.67. The zero-order valence-electron chi connectivity index (χ0n) is 24.4. The Labute approximate surface area is 241 Å². The Balaban J connectivity index is 1.56. The van der Waals surface area contributed by atoms with Gasteiger partial charge in [-0.2, -0.15) is 0 Å². The SMILES string of the molecule is C=C=C(/C=C\C=C/C)Nc1nnc(-c2cc(NCc3ccc(OC)cc3)c3cc(C4CC4)cc(C(C)(C)C)c3n2)o1. The van der Waals surface area contributed by atoms with Crippen LogP contribution in [-0.4, -0.2) is 22.3 Å². The molecule has 1 fully saturated rings. The predicted octanol–water partition coefficient (Wildman–Crippen LogP) is 8.29. The fraction of sp³-hybridized carbons (Fsp3) is 0.294. The summed E-state index contributed by atoms with van der Waals surface area (Å²) < 4.78 is 11.3. The van der Waals surface area contributed by atoms with Crippen LogP contribution < -0.4 is 15.4 Å². The molecule has 41 heavy (non-hydrogen) atoms. The van der Waals surface area contributed by atoms with Crippen LogP contribution in [0.4, 0.5) is 11.7 Å². The van der Waals surface area contributed by atoms with Crippen molar-refractivity contribution in [3.8, 4) is 17.3 Å². The van der Waals surface area contributed by atoms with Crippen molar-refractivity contribution in [2.45, 2.75) is 58.4 Å². The first-order valence-corrected chi connectivity index (χ1v) is 14.0. The van der Waals surface area contributed by atoms with Gasteiger partial charge in [0.05, 0.1) is 18.3 Å². The highest BCUT2D eigenvalue weighted by Crippen LogP contribution is 2.44. The van der Waals surface area contributed by atoms with Crippen LogP contribution in [0.25, 0.3) is 22.5 Å². The van der Waals surface area contributed by atoms with Crippen molar-refractivity contribution in [2.24, 2.45) is 0 Å². The summed E-state index contributed by atoms with van der Waals surface area (Å²) >= 11 is 0. The monoisotopic (exact) mass is 547 g/mol. The third-order valence-electron chi connectivity index (χ3n) is 7.08. The Kier molecular flexibility index (Phi) is 8.09. The maximum absolute atomic E-state index is 6.02. The Morgan fingerprint density at radius 3 is 2.56 bits per heavy atom. The highest BCUT2D eigenvalue weighted by Gasteiger charge is 2.28. The summed E-state index contributed by atoms with van der Waals surface area (Å²) in [6.45, 7) is 13.0. The number of allylic oxidation sites excluding steroid dienone is 4. The van der Waals surface area contributed by atoms with Crippen LogP contribution in [0, 0.1) is 0 Å². The maximum Gasteiger partial charge on any atom is 0.320 e. The summed E-state index contributed by atoms with van der Waals surface area (Å²) in [5.74, 6) is 1.78. The van der Waals surface area contributed by atoms with Gasteiger partial charge in [-0.25, -0.2) is 4.98 Å². The smallest absolute Gasteiger partial charge is 0.320 e. The molecular formula is C34H37N5O2. The second-order valence-electron chi connectivity index (χ2n) is 11.3. The van der Waals surface area contributed by atoms with Crippen molar-refractivity contribution in [3.63, 3.8) is 0 Å². The van der Waals surface area contributed by atoms with Crippen molar-refractivity contribution in [2.75, 3.05) is 17.7 Å². The molecule has 0 amide bonds. The number of fused-ring (bicyclic) bond motifs is 1. The second-order valence-corrected chi connectivity index (χ2v) is 11.3. The van der Waals surface area contributed by atoms with E-state index in [4.69, 9.17) is 14.1 Å². The molecule has 2 N–H and O–H groups in total. The Hall–Kier alpha value is -4.61. The molecule has 2 aromatic heterocycles. The fourth-order valence-corrected chi connectivity index (χ4v) is 4.67. The van der Waals surface area contributed by atoms with Gasteiger partial charge in [-0.1, -0.05) is 68.9 Å². The van der Waals surface area contributed by atoms with Gasteiger partial charge in [0.15, 0.2) is 0 Å². The predicted molar refractivity (Wildman–Crippen MR) is 166 cm³/mol. The third-order valence-corrected chi connectivity index (χ3v) is 7.08. The third kappa shape index (κ3) is 6.59. The topological polar surface area (TPSA) is 85.1 Å². The van der Waals surface area contributed by atoms with Crippen LogP contribution in [0.15, 0.2) is 89.2 Å². The van der Waals surface area contributed by atoms with E-state index in [1.54, 1.807) is 7.11 Å². The quantitative estimate of drug-likeness (QED) is 0.153. The van der Waals surface area contributed by atoms with Gasteiger partial charge in [0.25, 0.3) is 5.89 Å². The summed E-state index contributed by atoms with van der Waals surface area (Å²) in [6, 6.07) is 15.0. The van der Waals surface area contributed by atoms with E-state index in [9.17, 15) is 0 Å². The first-order chi connectivity index (χ1) is 19.8. The molecule has 0 spiro atoms. The number of ether oxygens (including phenoxy) is 1. The maximum atomic E-state index is 6.02. The van der Waals surface area contributed by atoms with Crippen molar-refractivity contribution in [3.05, 3.63) is 101 Å². The second kappa shape index (κ2) is 11.9. The molecule has 0 bridgehead atoms. The van der Waals surface area contributed by atoms with E-state index in [1.165, 1.54) is 24.0 Å². The number of nitrogens with one attached hydrogen (secondary N) is 2. The summed E-state index contributed by atoms with van der Waals surface area (Å²) in [7, 11) is 1.68. The lowest BCUT2D eigenvalue weighted by Crippen LogP contribution is -2.14. The van der Waals surface area contributed by atoms with Crippen molar-refractivity contribution in [1.29, 1.82) is 0 Å². The van der Waals surface area contributed by atoms with Gasteiger partial charge in [-0.05, 0) is 78.1 Å². The highest BCUT2D eigenvalue weighted by atomic mass is 16.5. The molecule has 1 aliphatic rings. The average molecular weight is 548 g/mol. The van der Waals surface area contributed by atoms with E-state index in [-0.39, 0.29) is 11.4 Å². The summed E-state index contributed by atoms with van der Waals surface area (Å²) in [5.41, 5.74) is 9.60. The van der Waals surface area contributed by atoms with E-state index >= 15 is 0 Å². The molecule has 5 rings (SSSR count). The molecule has 1 aliphatic carbocycles. The number of aromatic nitrogens is 3. The zero-order valence-corrected chi connectivity index (χ0v) is 24.4. The Bertz CT molecular complexity index is 1650. The zero-order chi connectivity index (χ0) is 29.0. The summed E-state index contributed by atoms with van der Waals surface area (Å²) in [4.78, 5) is 5.11. The molecule has 0 radical (unpaired) electrons. The molecular weight excluding hydrogens is 510 g/mol. The van der Waals surface area contributed by atoms with Gasteiger partial charge in [-0.15, -0.1) is 10.8 Å². The minimum Gasteiger partial charge on any atom is -0.497 e. The average Bonchev–Trinajstić information content (AvgIpc) is 3.72. The molecule has 0 aliphatic heterocycles. The van der Waals surface area contributed by atoms with Crippen LogP contribution in [0.2, 0.25) is 0 Å². The van der Waals surface area contributed by atoms with E-state index in [0.717, 1.165) is 27.9 Å². The van der Waals surface area contributed by atoms with E-state index in [0.29, 0.717) is 29.7 Å². The van der Waals surface area contributed by atoms with Crippen LogP contribution in [0.5, 0.6) is 5.75 Å².